The van der Waals surface area contributed by atoms with Crippen LogP contribution in [0.15, 0.2) is 70.2 Å². The summed E-state index contributed by atoms with van der Waals surface area (Å²) in [5, 5.41) is 8.91. The van der Waals surface area contributed by atoms with Gasteiger partial charge in [0.05, 0.1) is 23.6 Å². The van der Waals surface area contributed by atoms with Gasteiger partial charge in [0.2, 0.25) is 5.95 Å². The van der Waals surface area contributed by atoms with Crippen LogP contribution in [0, 0.1) is 0 Å². The zero-order valence-electron chi connectivity index (χ0n) is 14.3. The van der Waals surface area contributed by atoms with Crippen LogP contribution in [0.3, 0.4) is 0 Å². The molecule has 4 aromatic heterocycles. The molecule has 5 rings (SSSR count). The van der Waals surface area contributed by atoms with Gasteiger partial charge in [0.15, 0.2) is 11.5 Å². The molecule has 0 aliphatic heterocycles. The van der Waals surface area contributed by atoms with Crippen LogP contribution in [0.4, 0.5) is 5.95 Å². The van der Waals surface area contributed by atoms with Crippen LogP contribution in [0.1, 0.15) is 10.4 Å². The molecule has 0 aliphatic carbocycles. The molecule has 0 unspecified atom stereocenters. The molecule has 0 aliphatic rings. The second-order valence-corrected chi connectivity index (χ2v) is 5.87. The summed E-state index contributed by atoms with van der Waals surface area (Å²) in [7, 11) is 0. The van der Waals surface area contributed by atoms with Gasteiger partial charge in [-0.3, -0.25) is 10.1 Å². The summed E-state index contributed by atoms with van der Waals surface area (Å²) in [4.78, 5) is 25.7. The molecule has 0 saturated carbocycles. The Morgan fingerprint density at radius 2 is 1.64 bits per heavy atom. The van der Waals surface area contributed by atoms with Crippen molar-refractivity contribution in [3.63, 3.8) is 0 Å². The molecule has 5 aromatic rings. The Balaban J connectivity index is 1.61. The van der Waals surface area contributed by atoms with E-state index < -0.39 is 0 Å². The molecule has 9 nitrogen and oxygen atoms in total. The van der Waals surface area contributed by atoms with Crippen LogP contribution in [-0.2, 0) is 0 Å². The molecule has 1 aromatic carbocycles. The lowest BCUT2D eigenvalue weighted by Gasteiger charge is -2.08. The standard InChI is InChI=1S/C19H12N6O3/c26-18(24-19-20-10-21-25-19)11-5-6-12-13(9-11)23-17(15-4-2-8-28-15)16(22-12)14-3-1-7-27-14/h1-10H,(H2,20,21,24,25,26). The van der Waals surface area contributed by atoms with Crippen molar-refractivity contribution in [2.75, 3.05) is 5.32 Å². The third-order valence-corrected chi connectivity index (χ3v) is 4.08. The van der Waals surface area contributed by atoms with E-state index in [0.29, 0.717) is 39.5 Å². The minimum absolute atomic E-state index is 0.264. The molecular weight excluding hydrogens is 360 g/mol. The van der Waals surface area contributed by atoms with Crippen molar-refractivity contribution in [1.29, 1.82) is 0 Å². The first-order valence-corrected chi connectivity index (χ1v) is 8.34. The predicted octanol–water partition coefficient (Wildman–Crippen LogP) is 3.52. The van der Waals surface area contributed by atoms with E-state index in [-0.39, 0.29) is 11.9 Å². The molecule has 0 radical (unpaired) electrons. The van der Waals surface area contributed by atoms with Gasteiger partial charge in [-0.15, -0.1) is 0 Å². The third-order valence-electron chi connectivity index (χ3n) is 4.08. The van der Waals surface area contributed by atoms with Crippen molar-refractivity contribution in [3.05, 3.63) is 66.9 Å². The maximum Gasteiger partial charge on any atom is 0.258 e. The highest BCUT2D eigenvalue weighted by Crippen LogP contribution is 2.31. The minimum atomic E-state index is -0.338. The van der Waals surface area contributed by atoms with E-state index >= 15 is 0 Å². The lowest BCUT2D eigenvalue weighted by Crippen LogP contribution is -2.13. The summed E-state index contributed by atoms with van der Waals surface area (Å²) in [5.41, 5.74) is 2.67. The van der Waals surface area contributed by atoms with Crippen molar-refractivity contribution >= 4 is 22.9 Å². The number of H-pyrrole nitrogens is 1. The average Bonchev–Trinajstić information content (AvgIpc) is 3.50. The highest BCUT2D eigenvalue weighted by atomic mass is 16.3. The number of nitrogens with one attached hydrogen (secondary N) is 2. The fraction of sp³-hybridized carbons (Fsp3) is 0. The highest BCUT2D eigenvalue weighted by molar-refractivity contribution is 6.05. The number of furan rings is 2. The van der Waals surface area contributed by atoms with E-state index in [1.54, 1.807) is 48.9 Å². The molecule has 136 valence electrons. The van der Waals surface area contributed by atoms with Gasteiger partial charge in [-0.1, -0.05) is 0 Å². The Bertz CT molecular complexity index is 1240. The summed E-state index contributed by atoms with van der Waals surface area (Å²) in [6.07, 6.45) is 4.45. The molecule has 0 saturated heterocycles. The zero-order chi connectivity index (χ0) is 18.9. The number of anilines is 1. The van der Waals surface area contributed by atoms with Gasteiger partial charge in [0.25, 0.3) is 5.91 Å². The van der Waals surface area contributed by atoms with Gasteiger partial charge in [-0.25, -0.2) is 15.1 Å². The lowest BCUT2D eigenvalue weighted by molar-refractivity contribution is 0.102. The monoisotopic (exact) mass is 372 g/mol. The van der Waals surface area contributed by atoms with Gasteiger partial charge in [-0.05, 0) is 42.5 Å². The molecule has 0 fully saturated rings. The predicted molar refractivity (Wildman–Crippen MR) is 99.3 cm³/mol. The number of fused-ring (bicyclic) bond motifs is 1. The average molecular weight is 372 g/mol. The smallest absolute Gasteiger partial charge is 0.258 e. The van der Waals surface area contributed by atoms with E-state index in [2.05, 4.69) is 30.5 Å². The topological polar surface area (TPSA) is 123 Å². The molecule has 0 bridgehead atoms. The van der Waals surface area contributed by atoms with Crippen LogP contribution in [0.25, 0.3) is 33.9 Å². The summed E-state index contributed by atoms with van der Waals surface area (Å²) in [6.45, 7) is 0. The summed E-state index contributed by atoms with van der Waals surface area (Å²) in [6, 6.07) is 12.2. The zero-order valence-corrected chi connectivity index (χ0v) is 14.3. The van der Waals surface area contributed by atoms with Crippen LogP contribution in [-0.4, -0.2) is 31.1 Å². The third kappa shape index (κ3) is 2.80. The fourth-order valence-corrected chi connectivity index (χ4v) is 2.81. The number of rotatable bonds is 4. The largest absolute Gasteiger partial charge is 0.463 e. The molecule has 4 heterocycles. The molecule has 28 heavy (non-hydrogen) atoms. The number of aromatic nitrogens is 5. The van der Waals surface area contributed by atoms with Crippen molar-refractivity contribution in [2.45, 2.75) is 0 Å². The number of nitrogens with zero attached hydrogens (tertiary/aromatic N) is 4. The Hall–Kier alpha value is -4.27. The quantitative estimate of drug-likeness (QED) is 0.495. The van der Waals surface area contributed by atoms with E-state index in [4.69, 9.17) is 8.83 Å². The molecule has 1 amide bonds. The SMILES string of the molecule is O=C(Nc1ncn[nH]1)c1ccc2nc(-c3ccco3)c(-c3ccco3)nc2c1. The summed E-state index contributed by atoms with van der Waals surface area (Å²) >= 11 is 0. The van der Waals surface area contributed by atoms with Crippen LogP contribution in [0.5, 0.6) is 0 Å². The molecule has 9 heteroatoms. The molecule has 2 N–H and O–H groups in total. The first-order chi connectivity index (χ1) is 13.8. The number of carbonyl (C=O) groups excluding carboxylic acids is 1. The van der Waals surface area contributed by atoms with Crippen molar-refractivity contribution in [1.82, 2.24) is 25.1 Å². The highest BCUT2D eigenvalue weighted by Gasteiger charge is 2.18. The van der Waals surface area contributed by atoms with Crippen LogP contribution < -0.4 is 5.32 Å². The molecular formula is C19H12N6O3. The maximum absolute atomic E-state index is 12.4. The van der Waals surface area contributed by atoms with Crippen molar-refractivity contribution < 1.29 is 13.6 Å². The van der Waals surface area contributed by atoms with Gasteiger partial charge in [-0.2, -0.15) is 10.1 Å². The minimum Gasteiger partial charge on any atom is -0.463 e. The Kier molecular flexibility index (Phi) is 3.68. The number of benzene rings is 1. The number of hydrogen-bond acceptors (Lipinski definition) is 7. The summed E-state index contributed by atoms with van der Waals surface area (Å²) in [5.74, 6) is 1.06. The van der Waals surface area contributed by atoms with E-state index in [1.165, 1.54) is 6.33 Å². The number of carbonyl (C=O) groups is 1. The van der Waals surface area contributed by atoms with Gasteiger partial charge in [0.1, 0.15) is 17.7 Å². The van der Waals surface area contributed by atoms with E-state index in [9.17, 15) is 4.79 Å². The number of hydrogen-bond donors (Lipinski definition) is 2. The first kappa shape index (κ1) is 15.9. The number of amides is 1. The fourth-order valence-electron chi connectivity index (χ4n) is 2.81. The van der Waals surface area contributed by atoms with Gasteiger partial charge < -0.3 is 8.83 Å². The second kappa shape index (κ2) is 6.47. The maximum atomic E-state index is 12.4. The summed E-state index contributed by atoms with van der Waals surface area (Å²) < 4.78 is 11.0. The Morgan fingerprint density at radius 3 is 2.25 bits per heavy atom. The molecule has 0 spiro atoms. The Morgan fingerprint density at radius 1 is 0.929 bits per heavy atom. The van der Waals surface area contributed by atoms with Crippen LogP contribution in [0.2, 0.25) is 0 Å². The van der Waals surface area contributed by atoms with Crippen molar-refractivity contribution in [3.8, 4) is 22.9 Å². The van der Waals surface area contributed by atoms with Gasteiger partial charge in [0, 0.05) is 5.56 Å². The van der Waals surface area contributed by atoms with Gasteiger partial charge >= 0.3 is 0 Å². The van der Waals surface area contributed by atoms with E-state index in [0.717, 1.165) is 0 Å². The number of aromatic amines is 1. The lowest BCUT2D eigenvalue weighted by atomic mass is 10.1. The van der Waals surface area contributed by atoms with Crippen molar-refractivity contribution in [2.24, 2.45) is 0 Å². The second-order valence-electron chi connectivity index (χ2n) is 5.87. The first-order valence-electron chi connectivity index (χ1n) is 8.34. The molecule has 0 atom stereocenters. The Labute approximate surface area is 157 Å². The normalized spacial score (nSPS) is 11.0. The van der Waals surface area contributed by atoms with E-state index in [1.807, 2.05) is 6.07 Å². The van der Waals surface area contributed by atoms with Crippen LogP contribution >= 0.6 is 0 Å².